The van der Waals surface area contributed by atoms with E-state index in [1.165, 1.54) is 14.0 Å². The lowest BCUT2D eigenvalue weighted by molar-refractivity contribution is -0.164. The van der Waals surface area contributed by atoms with Crippen LogP contribution in [-0.4, -0.2) is 25.2 Å². The second-order valence-electron chi connectivity index (χ2n) is 4.51. The SMILES string of the molecule is COC(=O)[C@@H](Cc1ccc2ccccc2c1)OC(C)=O. The summed E-state index contributed by atoms with van der Waals surface area (Å²) in [4.78, 5) is 22.7. The normalized spacial score (nSPS) is 11.9. The van der Waals surface area contributed by atoms with Crippen molar-refractivity contribution in [2.75, 3.05) is 7.11 Å². The van der Waals surface area contributed by atoms with Gasteiger partial charge in [0.05, 0.1) is 7.11 Å². The standard InChI is InChI=1S/C16H16O4/c1-11(17)20-15(16(18)19-2)10-12-7-8-13-5-3-4-6-14(13)9-12/h3-9,15H,10H2,1-2H3/t15-/m1/s1. The number of ether oxygens (including phenoxy) is 2. The molecule has 1 atom stereocenters. The predicted molar refractivity (Wildman–Crippen MR) is 75.2 cm³/mol. The number of rotatable bonds is 4. The topological polar surface area (TPSA) is 52.6 Å². The molecule has 2 aromatic carbocycles. The van der Waals surface area contributed by atoms with Gasteiger partial charge in [-0.1, -0.05) is 42.5 Å². The molecule has 0 saturated carbocycles. The fourth-order valence-electron chi connectivity index (χ4n) is 2.08. The molecule has 4 nitrogen and oxygen atoms in total. The third-order valence-electron chi connectivity index (χ3n) is 3.01. The van der Waals surface area contributed by atoms with Gasteiger partial charge in [-0.15, -0.1) is 0 Å². The molecule has 20 heavy (non-hydrogen) atoms. The van der Waals surface area contributed by atoms with Gasteiger partial charge in [0.15, 0.2) is 0 Å². The van der Waals surface area contributed by atoms with Gasteiger partial charge in [0.1, 0.15) is 0 Å². The number of methoxy groups -OCH3 is 1. The van der Waals surface area contributed by atoms with E-state index in [1.54, 1.807) is 0 Å². The van der Waals surface area contributed by atoms with E-state index in [-0.39, 0.29) is 0 Å². The van der Waals surface area contributed by atoms with E-state index >= 15 is 0 Å². The minimum absolute atomic E-state index is 0.303. The van der Waals surface area contributed by atoms with Crippen LogP contribution in [-0.2, 0) is 25.5 Å². The fourth-order valence-corrected chi connectivity index (χ4v) is 2.08. The molecule has 0 bridgehead atoms. The van der Waals surface area contributed by atoms with Crippen LogP contribution in [0.25, 0.3) is 10.8 Å². The van der Waals surface area contributed by atoms with Crippen molar-refractivity contribution in [3.8, 4) is 0 Å². The van der Waals surface area contributed by atoms with Crippen LogP contribution in [0.3, 0.4) is 0 Å². The van der Waals surface area contributed by atoms with E-state index in [2.05, 4.69) is 4.74 Å². The monoisotopic (exact) mass is 272 g/mol. The lowest BCUT2D eigenvalue weighted by atomic mass is 10.0. The largest absolute Gasteiger partial charge is 0.466 e. The molecule has 0 radical (unpaired) electrons. The van der Waals surface area contributed by atoms with E-state index in [0.717, 1.165) is 16.3 Å². The smallest absolute Gasteiger partial charge is 0.347 e. The summed E-state index contributed by atoms with van der Waals surface area (Å²) in [6.07, 6.45) is -0.601. The average molecular weight is 272 g/mol. The van der Waals surface area contributed by atoms with Crippen LogP contribution in [0.2, 0.25) is 0 Å². The van der Waals surface area contributed by atoms with Crippen molar-refractivity contribution in [2.24, 2.45) is 0 Å². The second kappa shape index (κ2) is 6.19. The number of carbonyl (C=O) groups is 2. The van der Waals surface area contributed by atoms with Crippen LogP contribution in [0, 0.1) is 0 Å². The van der Waals surface area contributed by atoms with Crippen LogP contribution in [0.4, 0.5) is 0 Å². The third-order valence-corrected chi connectivity index (χ3v) is 3.01. The van der Waals surface area contributed by atoms with E-state index in [0.29, 0.717) is 6.42 Å². The zero-order valence-electron chi connectivity index (χ0n) is 11.5. The molecule has 0 aliphatic heterocycles. The maximum atomic E-state index is 11.6. The number of fused-ring (bicyclic) bond motifs is 1. The van der Waals surface area contributed by atoms with Crippen molar-refractivity contribution in [3.63, 3.8) is 0 Å². The Bertz CT molecular complexity index is 633. The van der Waals surface area contributed by atoms with Crippen molar-refractivity contribution in [1.82, 2.24) is 0 Å². The number of hydrogen-bond acceptors (Lipinski definition) is 4. The first kappa shape index (κ1) is 14.1. The lowest BCUT2D eigenvalue weighted by Gasteiger charge is -2.15. The van der Waals surface area contributed by atoms with Gasteiger partial charge in [-0.25, -0.2) is 4.79 Å². The van der Waals surface area contributed by atoms with Gasteiger partial charge in [0.25, 0.3) is 0 Å². The van der Waals surface area contributed by atoms with Gasteiger partial charge in [0.2, 0.25) is 6.10 Å². The van der Waals surface area contributed by atoms with Gasteiger partial charge in [0, 0.05) is 13.3 Å². The quantitative estimate of drug-likeness (QED) is 0.802. The molecular weight excluding hydrogens is 256 g/mol. The van der Waals surface area contributed by atoms with Crippen molar-refractivity contribution < 1.29 is 19.1 Å². The molecule has 0 amide bonds. The number of benzene rings is 2. The van der Waals surface area contributed by atoms with Crippen LogP contribution in [0.5, 0.6) is 0 Å². The number of esters is 2. The summed E-state index contributed by atoms with van der Waals surface area (Å²) in [6, 6.07) is 13.8. The van der Waals surface area contributed by atoms with Crippen LogP contribution in [0.1, 0.15) is 12.5 Å². The molecule has 0 N–H and O–H groups in total. The highest BCUT2D eigenvalue weighted by Crippen LogP contribution is 2.17. The molecule has 104 valence electrons. The van der Waals surface area contributed by atoms with Crippen molar-refractivity contribution in [3.05, 3.63) is 48.0 Å². The van der Waals surface area contributed by atoms with E-state index in [4.69, 9.17) is 4.74 Å². The lowest BCUT2D eigenvalue weighted by Crippen LogP contribution is -2.29. The highest BCUT2D eigenvalue weighted by atomic mass is 16.6. The first-order valence-electron chi connectivity index (χ1n) is 6.33. The Labute approximate surface area is 117 Å². The summed E-state index contributed by atoms with van der Waals surface area (Å²) in [5.41, 5.74) is 0.917. The Morgan fingerprint density at radius 3 is 2.45 bits per heavy atom. The second-order valence-corrected chi connectivity index (χ2v) is 4.51. The van der Waals surface area contributed by atoms with Crippen molar-refractivity contribution >= 4 is 22.7 Å². The molecule has 0 aliphatic rings. The summed E-state index contributed by atoms with van der Waals surface area (Å²) in [5.74, 6) is -1.05. The Morgan fingerprint density at radius 2 is 1.80 bits per heavy atom. The molecule has 0 aliphatic carbocycles. The summed E-state index contributed by atoms with van der Waals surface area (Å²) in [6.45, 7) is 1.27. The van der Waals surface area contributed by atoms with Gasteiger partial charge >= 0.3 is 11.9 Å². The third kappa shape index (κ3) is 3.35. The first-order chi connectivity index (χ1) is 9.60. The predicted octanol–water partition coefficient (Wildman–Crippen LogP) is 2.49. The Kier molecular flexibility index (Phi) is 4.35. The molecule has 0 fully saturated rings. The average Bonchev–Trinajstić information content (AvgIpc) is 2.45. The fraction of sp³-hybridized carbons (Fsp3) is 0.250. The van der Waals surface area contributed by atoms with E-state index < -0.39 is 18.0 Å². The first-order valence-corrected chi connectivity index (χ1v) is 6.33. The molecule has 2 rings (SSSR count). The van der Waals surface area contributed by atoms with Crippen LogP contribution >= 0.6 is 0 Å². The number of hydrogen-bond donors (Lipinski definition) is 0. The van der Waals surface area contributed by atoms with Crippen LogP contribution < -0.4 is 0 Å². The zero-order valence-corrected chi connectivity index (χ0v) is 11.5. The minimum Gasteiger partial charge on any atom is -0.466 e. The van der Waals surface area contributed by atoms with Crippen molar-refractivity contribution in [2.45, 2.75) is 19.4 Å². The van der Waals surface area contributed by atoms with Gasteiger partial charge in [-0.3, -0.25) is 4.79 Å². The maximum absolute atomic E-state index is 11.6. The van der Waals surface area contributed by atoms with Crippen molar-refractivity contribution in [1.29, 1.82) is 0 Å². The Balaban J connectivity index is 2.23. The highest BCUT2D eigenvalue weighted by Gasteiger charge is 2.22. The molecule has 0 spiro atoms. The zero-order chi connectivity index (χ0) is 14.5. The van der Waals surface area contributed by atoms with Crippen LogP contribution in [0.15, 0.2) is 42.5 Å². The Hall–Kier alpha value is -2.36. The minimum atomic E-state index is -0.904. The maximum Gasteiger partial charge on any atom is 0.347 e. The highest BCUT2D eigenvalue weighted by molar-refractivity contribution is 5.83. The van der Waals surface area contributed by atoms with E-state index in [9.17, 15) is 9.59 Å². The molecule has 4 heteroatoms. The van der Waals surface area contributed by atoms with Gasteiger partial charge in [-0.2, -0.15) is 0 Å². The molecule has 0 unspecified atom stereocenters. The summed E-state index contributed by atoms with van der Waals surface area (Å²) >= 11 is 0. The number of carbonyl (C=O) groups excluding carboxylic acids is 2. The molecule has 2 aromatic rings. The summed E-state index contributed by atoms with van der Waals surface area (Å²) < 4.78 is 9.66. The Morgan fingerprint density at radius 1 is 1.10 bits per heavy atom. The van der Waals surface area contributed by atoms with E-state index in [1.807, 2.05) is 42.5 Å². The molecule has 0 aromatic heterocycles. The molecule has 0 saturated heterocycles. The van der Waals surface area contributed by atoms with Gasteiger partial charge < -0.3 is 9.47 Å². The summed E-state index contributed by atoms with van der Waals surface area (Å²) in [7, 11) is 1.28. The summed E-state index contributed by atoms with van der Waals surface area (Å²) in [5, 5.41) is 2.20. The molecular formula is C16H16O4. The van der Waals surface area contributed by atoms with Gasteiger partial charge in [-0.05, 0) is 16.3 Å². The molecule has 0 heterocycles.